The molecule has 0 aromatic carbocycles. The molecule has 2 nitrogen and oxygen atoms in total. The van der Waals surface area contributed by atoms with Gasteiger partial charge >= 0.3 is 0 Å². The quantitative estimate of drug-likeness (QED) is 0.708. The van der Waals surface area contributed by atoms with E-state index < -0.39 is 0 Å². The minimum atomic E-state index is 0.855. The highest BCUT2D eigenvalue weighted by molar-refractivity contribution is 4.85. The zero-order chi connectivity index (χ0) is 11.4. The summed E-state index contributed by atoms with van der Waals surface area (Å²) in [6, 6.07) is 1.81. The lowest BCUT2D eigenvalue weighted by atomic mass is 9.91. The first-order valence-corrected chi connectivity index (χ1v) is 7.33. The van der Waals surface area contributed by atoms with Gasteiger partial charge in [-0.05, 0) is 25.7 Å². The van der Waals surface area contributed by atoms with Crippen LogP contribution in [0, 0.1) is 0 Å². The maximum absolute atomic E-state index is 2.73. The van der Waals surface area contributed by atoms with Gasteiger partial charge in [-0.2, -0.15) is 0 Å². The molecule has 0 spiro atoms. The standard InChI is InChI=1S/C14H28N2/c1-3-6-13(4-2)15-9-11-16(12-10-15)14-7-5-8-14/h13-14H,3-12H2,1-2H3. The van der Waals surface area contributed by atoms with E-state index in [2.05, 4.69) is 23.6 Å². The fourth-order valence-corrected chi connectivity index (χ4v) is 3.20. The summed E-state index contributed by atoms with van der Waals surface area (Å²) in [6.07, 6.45) is 8.45. The lowest BCUT2D eigenvalue weighted by molar-refractivity contribution is 0.0397. The molecule has 1 aliphatic heterocycles. The van der Waals surface area contributed by atoms with Crippen LogP contribution in [0.2, 0.25) is 0 Å². The Balaban J connectivity index is 1.74. The summed E-state index contributed by atoms with van der Waals surface area (Å²) in [7, 11) is 0. The van der Waals surface area contributed by atoms with Crippen LogP contribution in [0.1, 0.15) is 52.4 Å². The highest BCUT2D eigenvalue weighted by Crippen LogP contribution is 2.26. The van der Waals surface area contributed by atoms with E-state index in [4.69, 9.17) is 0 Å². The van der Waals surface area contributed by atoms with Crippen molar-refractivity contribution in [3.8, 4) is 0 Å². The van der Waals surface area contributed by atoms with Gasteiger partial charge in [-0.15, -0.1) is 0 Å². The van der Waals surface area contributed by atoms with Gasteiger partial charge in [0.15, 0.2) is 0 Å². The highest BCUT2D eigenvalue weighted by atomic mass is 15.3. The Kier molecular flexibility index (Phi) is 4.66. The SMILES string of the molecule is CCCC(CC)N1CCN(C2CCC2)CC1. The monoisotopic (exact) mass is 224 g/mol. The minimum Gasteiger partial charge on any atom is -0.298 e. The maximum Gasteiger partial charge on any atom is 0.0113 e. The van der Waals surface area contributed by atoms with Gasteiger partial charge in [-0.1, -0.05) is 26.7 Å². The topological polar surface area (TPSA) is 6.48 Å². The average molecular weight is 224 g/mol. The van der Waals surface area contributed by atoms with Gasteiger partial charge in [0.05, 0.1) is 0 Å². The Hall–Kier alpha value is -0.0800. The van der Waals surface area contributed by atoms with E-state index in [9.17, 15) is 0 Å². The van der Waals surface area contributed by atoms with Crippen molar-refractivity contribution < 1.29 is 0 Å². The van der Waals surface area contributed by atoms with Crippen molar-refractivity contribution in [3.63, 3.8) is 0 Å². The molecule has 16 heavy (non-hydrogen) atoms. The Morgan fingerprint density at radius 1 is 1.06 bits per heavy atom. The zero-order valence-electron chi connectivity index (χ0n) is 11.1. The van der Waals surface area contributed by atoms with Crippen LogP contribution in [0.25, 0.3) is 0 Å². The fourth-order valence-electron chi connectivity index (χ4n) is 3.20. The molecular formula is C14H28N2. The Labute approximate surface area is 101 Å². The second-order valence-electron chi connectivity index (χ2n) is 5.51. The van der Waals surface area contributed by atoms with Crippen molar-refractivity contribution in [1.82, 2.24) is 9.80 Å². The summed E-state index contributed by atoms with van der Waals surface area (Å²) in [5, 5.41) is 0. The predicted octanol–water partition coefficient (Wildman–Crippen LogP) is 2.74. The van der Waals surface area contributed by atoms with Crippen molar-refractivity contribution in [1.29, 1.82) is 0 Å². The van der Waals surface area contributed by atoms with Gasteiger partial charge in [0, 0.05) is 38.3 Å². The largest absolute Gasteiger partial charge is 0.298 e. The summed E-state index contributed by atoms with van der Waals surface area (Å²) in [4.78, 5) is 5.47. The van der Waals surface area contributed by atoms with Crippen LogP contribution in [-0.4, -0.2) is 48.1 Å². The van der Waals surface area contributed by atoms with Crippen molar-refractivity contribution in [2.75, 3.05) is 26.2 Å². The molecule has 0 aromatic rings. The van der Waals surface area contributed by atoms with Gasteiger partial charge in [0.1, 0.15) is 0 Å². The summed E-state index contributed by atoms with van der Waals surface area (Å²) in [5.74, 6) is 0. The number of piperazine rings is 1. The van der Waals surface area contributed by atoms with Crippen molar-refractivity contribution in [2.24, 2.45) is 0 Å². The molecule has 1 saturated heterocycles. The van der Waals surface area contributed by atoms with Crippen LogP contribution >= 0.6 is 0 Å². The first-order chi connectivity index (χ1) is 7.85. The van der Waals surface area contributed by atoms with Crippen LogP contribution in [0.15, 0.2) is 0 Å². The summed E-state index contributed by atoms with van der Waals surface area (Å²) < 4.78 is 0. The first kappa shape index (κ1) is 12.4. The summed E-state index contributed by atoms with van der Waals surface area (Å²) in [6.45, 7) is 9.94. The molecule has 2 rings (SSSR count). The minimum absolute atomic E-state index is 0.855. The van der Waals surface area contributed by atoms with Crippen LogP contribution in [0.5, 0.6) is 0 Å². The van der Waals surface area contributed by atoms with E-state index in [1.165, 1.54) is 64.7 Å². The molecule has 1 saturated carbocycles. The van der Waals surface area contributed by atoms with E-state index in [1.54, 1.807) is 0 Å². The molecule has 2 heteroatoms. The third-order valence-electron chi connectivity index (χ3n) is 4.55. The Bertz CT molecular complexity index is 193. The molecule has 2 fully saturated rings. The molecule has 0 aromatic heterocycles. The smallest absolute Gasteiger partial charge is 0.0113 e. The second-order valence-corrected chi connectivity index (χ2v) is 5.51. The van der Waals surface area contributed by atoms with Crippen LogP contribution in [-0.2, 0) is 0 Å². The second kappa shape index (κ2) is 6.02. The molecule has 0 bridgehead atoms. The molecule has 0 radical (unpaired) electrons. The van der Waals surface area contributed by atoms with Gasteiger partial charge in [-0.25, -0.2) is 0 Å². The number of nitrogens with zero attached hydrogens (tertiary/aromatic N) is 2. The van der Waals surface area contributed by atoms with Gasteiger partial charge in [-0.3, -0.25) is 9.80 Å². The van der Waals surface area contributed by atoms with E-state index in [0.29, 0.717) is 0 Å². The normalized spacial score (nSPS) is 26.6. The molecule has 94 valence electrons. The number of rotatable bonds is 5. The van der Waals surface area contributed by atoms with Crippen molar-refractivity contribution >= 4 is 0 Å². The number of hydrogen-bond donors (Lipinski definition) is 0. The molecular weight excluding hydrogens is 196 g/mol. The van der Waals surface area contributed by atoms with Gasteiger partial charge in [0.25, 0.3) is 0 Å². The van der Waals surface area contributed by atoms with E-state index in [0.717, 1.165) is 12.1 Å². The third-order valence-corrected chi connectivity index (χ3v) is 4.55. The van der Waals surface area contributed by atoms with Crippen LogP contribution < -0.4 is 0 Å². The van der Waals surface area contributed by atoms with E-state index >= 15 is 0 Å². The highest BCUT2D eigenvalue weighted by Gasteiger charge is 2.29. The van der Waals surface area contributed by atoms with Gasteiger partial charge < -0.3 is 0 Å². The molecule has 0 amide bonds. The van der Waals surface area contributed by atoms with E-state index in [1.807, 2.05) is 0 Å². The first-order valence-electron chi connectivity index (χ1n) is 7.33. The number of hydrogen-bond acceptors (Lipinski definition) is 2. The molecule has 2 aliphatic rings. The predicted molar refractivity (Wildman–Crippen MR) is 69.8 cm³/mol. The molecule has 1 aliphatic carbocycles. The van der Waals surface area contributed by atoms with Gasteiger partial charge in [0.2, 0.25) is 0 Å². The Morgan fingerprint density at radius 2 is 1.75 bits per heavy atom. The lowest BCUT2D eigenvalue weighted by Gasteiger charge is -2.45. The fraction of sp³-hybridized carbons (Fsp3) is 1.00. The van der Waals surface area contributed by atoms with Crippen LogP contribution in [0.3, 0.4) is 0 Å². The molecule has 1 unspecified atom stereocenters. The summed E-state index contributed by atoms with van der Waals surface area (Å²) in [5.41, 5.74) is 0. The van der Waals surface area contributed by atoms with Crippen molar-refractivity contribution in [3.05, 3.63) is 0 Å². The zero-order valence-corrected chi connectivity index (χ0v) is 11.1. The maximum atomic E-state index is 2.73. The van der Waals surface area contributed by atoms with Crippen LogP contribution in [0.4, 0.5) is 0 Å². The Morgan fingerprint density at radius 3 is 2.19 bits per heavy atom. The third kappa shape index (κ3) is 2.78. The molecule has 1 atom stereocenters. The van der Waals surface area contributed by atoms with E-state index in [-0.39, 0.29) is 0 Å². The molecule has 0 N–H and O–H groups in total. The molecule has 1 heterocycles. The summed E-state index contributed by atoms with van der Waals surface area (Å²) >= 11 is 0. The average Bonchev–Trinajstić information content (AvgIpc) is 2.25. The lowest BCUT2D eigenvalue weighted by Crippen LogP contribution is -2.54. The van der Waals surface area contributed by atoms with Crippen molar-refractivity contribution in [2.45, 2.75) is 64.5 Å².